The molecule has 1 rings (SSSR count). The van der Waals surface area contributed by atoms with Gasteiger partial charge >= 0.3 is 5.88 Å². The predicted octanol–water partition coefficient (Wildman–Crippen LogP) is 1.92. The van der Waals surface area contributed by atoms with Crippen molar-refractivity contribution in [3.63, 3.8) is 0 Å². The minimum Gasteiger partial charge on any atom is -0.403 e. The van der Waals surface area contributed by atoms with E-state index in [9.17, 15) is 19.7 Å². The Labute approximate surface area is 164 Å². The lowest BCUT2D eigenvalue weighted by molar-refractivity contribution is -0.402. The van der Waals surface area contributed by atoms with Gasteiger partial charge in [0.2, 0.25) is 0 Å². The van der Waals surface area contributed by atoms with Crippen molar-refractivity contribution in [2.24, 2.45) is 0 Å². The van der Waals surface area contributed by atoms with Gasteiger partial charge in [0.15, 0.2) is 11.6 Å². The summed E-state index contributed by atoms with van der Waals surface area (Å²) in [6, 6.07) is 2.65. The molecule has 0 spiro atoms. The summed E-state index contributed by atoms with van der Waals surface area (Å²) in [6.07, 6.45) is 0.450. The summed E-state index contributed by atoms with van der Waals surface area (Å²) in [5, 5.41) is 13.7. The molecule has 0 unspecified atom stereocenters. The fourth-order valence-corrected chi connectivity index (χ4v) is 2.21. The van der Waals surface area contributed by atoms with Gasteiger partial charge in [0.1, 0.15) is 23.9 Å². The molecule has 1 heterocycles. The van der Waals surface area contributed by atoms with Gasteiger partial charge in [-0.2, -0.15) is 5.48 Å². The molecule has 28 heavy (non-hydrogen) atoms. The zero-order chi connectivity index (χ0) is 21.4. The number of furan rings is 1. The molecule has 0 amide bonds. The zero-order valence-corrected chi connectivity index (χ0v) is 17.0. The largest absolute Gasteiger partial charge is 0.433 e. The standard InChI is InChI=1S/C18H29N3O7/c1-6-14(22)17(2,3)19-9-10-27-20-18(4,5)15(23)12-26-11-13-7-8-16(28-13)21(24)25/h7-8,19-20H,6,9-12H2,1-5H3. The van der Waals surface area contributed by atoms with E-state index in [-0.39, 0.29) is 43.0 Å². The Morgan fingerprint density at radius 2 is 1.86 bits per heavy atom. The number of ketones is 2. The van der Waals surface area contributed by atoms with E-state index in [4.69, 9.17) is 14.0 Å². The maximum atomic E-state index is 12.3. The second-order valence-corrected chi connectivity index (χ2v) is 7.32. The summed E-state index contributed by atoms with van der Waals surface area (Å²) in [5.74, 6) is -0.271. The van der Waals surface area contributed by atoms with Crippen LogP contribution in [0.3, 0.4) is 0 Å². The number of rotatable bonds is 14. The number of nitro groups is 1. The van der Waals surface area contributed by atoms with Crippen LogP contribution in [0.4, 0.5) is 5.88 Å². The van der Waals surface area contributed by atoms with Crippen LogP contribution in [-0.2, 0) is 25.8 Å². The van der Waals surface area contributed by atoms with Crippen molar-refractivity contribution in [3.05, 3.63) is 28.0 Å². The Hall–Kier alpha value is -2.14. The molecule has 0 radical (unpaired) electrons. The van der Waals surface area contributed by atoms with Gasteiger partial charge in [0.05, 0.1) is 23.8 Å². The average molecular weight is 399 g/mol. The van der Waals surface area contributed by atoms with E-state index in [1.165, 1.54) is 12.1 Å². The highest BCUT2D eigenvalue weighted by Crippen LogP contribution is 2.16. The molecule has 0 aliphatic carbocycles. The molecular formula is C18H29N3O7. The van der Waals surface area contributed by atoms with Crippen LogP contribution in [0.1, 0.15) is 46.8 Å². The van der Waals surface area contributed by atoms with E-state index in [1.807, 2.05) is 20.8 Å². The number of hydrogen-bond acceptors (Lipinski definition) is 9. The molecule has 2 N–H and O–H groups in total. The number of nitrogens with zero attached hydrogens (tertiary/aromatic N) is 1. The molecular weight excluding hydrogens is 370 g/mol. The molecule has 1 aromatic heterocycles. The third kappa shape index (κ3) is 7.47. The third-order valence-electron chi connectivity index (χ3n) is 4.12. The van der Waals surface area contributed by atoms with Gasteiger partial charge in [-0.15, -0.1) is 0 Å². The first-order valence-corrected chi connectivity index (χ1v) is 9.01. The Morgan fingerprint density at radius 3 is 2.43 bits per heavy atom. The van der Waals surface area contributed by atoms with Crippen molar-refractivity contribution in [3.8, 4) is 0 Å². The fourth-order valence-electron chi connectivity index (χ4n) is 2.21. The second-order valence-electron chi connectivity index (χ2n) is 7.32. The van der Waals surface area contributed by atoms with E-state index in [1.54, 1.807) is 13.8 Å². The molecule has 0 saturated carbocycles. The summed E-state index contributed by atoms with van der Waals surface area (Å²) >= 11 is 0. The summed E-state index contributed by atoms with van der Waals surface area (Å²) in [5.41, 5.74) is 1.07. The van der Waals surface area contributed by atoms with Crippen molar-refractivity contribution in [2.75, 3.05) is 19.8 Å². The van der Waals surface area contributed by atoms with Crippen LogP contribution < -0.4 is 10.8 Å². The smallest absolute Gasteiger partial charge is 0.403 e. The van der Waals surface area contributed by atoms with E-state index in [0.29, 0.717) is 13.0 Å². The van der Waals surface area contributed by atoms with E-state index in [2.05, 4.69) is 10.8 Å². The minimum atomic E-state index is -0.996. The van der Waals surface area contributed by atoms with Gasteiger partial charge in [-0.1, -0.05) is 6.92 Å². The van der Waals surface area contributed by atoms with Gasteiger partial charge in [0.25, 0.3) is 0 Å². The van der Waals surface area contributed by atoms with Crippen molar-refractivity contribution in [2.45, 2.75) is 58.7 Å². The maximum Gasteiger partial charge on any atom is 0.433 e. The van der Waals surface area contributed by atoms with Crippen molar-refractivity contribution in [1.82, 2.24) is 10.8 Å². The molecule has 10 nitrogen and oxygen atoms in total. The van der Waals surface area contributed by atoms with Crippen LogP contribution >= 0.6 is 0 Å². The Kier molecular flexibility index (Phi) is 8.89. The predicted molar refractivity (Wildman–Crippen MR) is 101 cm³/mol. The maximum absolute atomic E-state index is 12.3. The van der Waals surface area contributed by atoms with Gasteiger partial charge in [-0.3, -0.25) is 24.5 Å². The topological polar surface area (TPSA) is 133 Å². The van der Waals surface area contributed by atoms with Crippen molar-refractivity contribution >= 4 is 17.5 Å². The number of ether oxygens (including phenoxy) is 1. The Morgan fingerprint density at radius 1 is 1.18 bits per heavy atom. The average Bonchev–Trinajstić information content (AvgIpc) is 3.09. The number of Topliss-reactive ketones (excluding diaryl/α,β-unsaturated/α-hetero) is 2. The lowest BCUT2D eigenvalue weighted by Crippen LogP contribution is -2.51. The van der Waals surface area contributed by atoms with Crippen LogP contribution in [0.15, 0.2) is 16.5 Å². The van der Waals surface area contributed by atoms with Crippen molar-refractivity contribution < 1.29 is 28.5 Å². The van der Waals surface area contributed by atoms with Gasteiger partial charge in [0, 0.05) is 13.0 Å². The number of carbonyl (C=O) groups excluding carboxylic acids is 2. The van der Waals surface area contributed by atoms with Crippen LogP contribution in [0, 0.1) is 10.1 Å². The molecule has 0 bridgehead atoms. The van der Waals surface area contributed by atoms with E-state index in [0.717, 1.165) is 0 Å². The molecule has 0 aliphatic heterocycles. The first kappa shape index (κ1) is 23.9. The molecule has 0 fully saturated rings. The highest BCUT2D eigenvalue weighted by atomic mass is 16.7. The zero-order valence-electron chi connectivity index (χ0n) is 17.0. The summed E-state index contributed by atoms with van der Waals surface area (Å²) in [4.78, 5) is 39.3. The Bertz CT molecular complexity index is 682. The second kappa shape index (κ2) is 10.4. The minimum absolute atomic E-state index is 0.0546. The normalized spacial score (nSPS) is 12.2. The summed E-state index contributed by atoms with van der Waals surface area (Å²) in [6.45, 7) is 9.15. The first-order valence-electron chi connectivity index (χ1n) is 9.01. The highest BCUT2D eigenvalue weighted by molar-refractivity contribution is 5.88. The molecule has 0 aromatic carbocycles. The number of nitrogens with one attached hydrogen (secondary N) is 2. The molecule has 10 heteroatoms. The summed E-state index contributed by atoms with van der Waals surface area (Å²) in [7, 11) is 0. The molecule has 0 saturated heterocycles. The number of hydroxylamine groups is 1. The van der Waals surface area contributed by atoms with Gasteiger partial charge < -0.3 is 14.5 Å². The van der Waals surface area contributed by atoms with Crippen LogP contribution in [0.5, 0.6) is 0 Å². The van der Waals surface area contributed by atoms with Gasteiger partial charge in [-0.25, -0.2) is 0 Å². The molecule has 0 aliphatic rings. The Balaban J connectivity index is 2.30. The quantitative estimate of drug-likeness (QED) is 0.273. The fraction of sp³-hybridized carbons (Fsp3) is 0.667. The van der Waals surface area contributed by atoms with Crippen LogP contribution in [0.2, 0.25) is 0 Å². The highest BCUT2D eigenvalue weighted by Gasteiger charge is 2.28. The van der Waals surface area contributed by atoms with E-state index < -0.39 is 16.0 Å². The van der Waals surface area contributed by atoms with Crippen LogP contribution in [0.25, 0.3) is 0 Å². The molecule has 158 valence electrons. The van der Waals surface area contributed by atoms with Crippen molar-refractivity contribution in [1.29, 1.82) is 0 Å². The lowest BCUT2D eigenvalue weighted by atomic mass is 9.97. The molecule has 0 atom stereocenters. The number of hydrogen-bond donors (Lipinski definition) is 2. The monoisotopic (exact) mass is 399 g/mol. The molecule has 1 aromatic rings. The summed E-state index contributed by atoms with van der Waals surface area (Å²) < 4.78 is 10.2. The van der Waals surface area contributed by atoms with Crippen LogP contribution in [-0.4, -0.2) is 47.3 Å². The van der Waals surface area contributed by atoms with Gasteiger partial charge in [-0.05, 0) is 33.8 Å². The SMILES string of the molecule is CCC(=O)C(C)(C)NCCONC(C)(C)C(=O)COCc1ccc([N+](=O)[O-])o1. The first-order chi connectivity index (χ1) is 13.0. The van der Waals surface area contributed by atoms with E-state index >= 15 is 0 Å². The lowest BCUT2D eigenvalue weighted by Gasteiger charge is -2.26. The number of carbonyl (C=O) groups is 2. The third-order valence-corrected chi connectivity index (χ3v) is 4.12.